The fourth-order valence-electron chi connectivity index (χ4n) is 3.04. The molecular formula is C22H18FN3O2S2. The minimum absolute atomic E-state index is 0.158. The standard InChI is InChI=1S/C22H18FN3O2S2/c1-13-3-8-18(28-2)17(9-13)26-19(27)11-30-22-20-16(10-29-21(20)24-12-25-22)14-4-6-15(23)7-5-14/h3-10,12H,11H2,1-2H3,(H,26,27). The lowest BCUT2D eigenvalue weighted by molar-refractivity contribution is -0.113. The molecule has 0 aliphatic carbocycles. The molecule has 1 N–H and O–H groups in total. The van der Waals surface area contributed by atoms with Crippen molar-refractivity contribution in [1.29, 1.82) is 0 Å². The molecule has 4 rings (SSSR count). The van der Waals surface area contributed by atoms with E-state index in [1.165, 1.54) is 41.6 Å². The zero-order chi connectivity index (χ0) is 21.1. The first-order valence-corrected chi connectivity index (χ1v) is 11.0. The van der Waals surface area contributed by atoms with Crippen molar-refractivity contribution < 1.29 is 13.9 Å². The highest BCUT2D eigenvalue weighted by Crippen LogP contribution is 2.38. The highest BCUT2D eigenvalue weighted by Gasteiger charge is 2.15. The average molecular weight is 440 g/mol. The Morgan fingerprint density at radius 3 is 2.77 bits per heavy atom. The van der Waals surface area contributed by atoms with Crippen molar-refractivity contribution in [3.63, 3.8) is 0 Å². The molecule has 0 unspecified atom stereocenters. The number of methoxy groups -OCH3 is 1. The Morgan fingerprint density at radius 2 is 2.00 bits per heavy atom. The lowest BCUT2D eigenvalue weighted by Gasteiger charge is -2.11. The zero-order valence-electron chi connectivity index (χ0n) is 16.3. The lowest BCUT2D eigenvalue weighted by Crippen LogP contribution is -2.15. The van der Waals surface area contributed by atoms with E-state index < -0.39 is 0 Å². The molecule has 5 nitrogen and oxygen atoms in total. The smallest absolute Gasteiger partial charge is 0.234 e. The number of aromatic nitrogens is 2. The van der Waals surface area contributed by atoms with E-state index in [1.807, 2.05) is 30.5 Å². The molecule has 0 saturated carbocycles. The van der Waals surface area contributed by atoms with Gasteiger partial charge < -0.3 is 10.1 Å². The first-order chi connectivity index (χ1) is 14.5. The summed E-state index contributed by atoms with van der Waals surface area (Å²) in [6, 6.07) is 11.9. The second kappa shape index (κ2) is 8.81. The Balaban J connectivity index is 1.56. The Labute approximate surface area is 181 Å². The summed E-state index contributed by atoms with van der Waals surface area (Å²) < 4.78 is 18.6. The van der Waals surface area contributed by atoms with Crippen molar-refractivity contribution in [2.75, 3.05) is 18.2 Å². The summed E-state index contributed by atoms with van der Waals surface area (Å²) in [6.07, 6.45) is 1.50. The predicted octanol–water partition coefficient (Wildman–Crippen LogP) is 5.55. The van der Waals surface area contributed by atoms with E-state index in [0.717, 1.165) is 26.9 Å². The van der Waals surface area contributed by atoms with Crippen LogP contribution >= 0.6 is 23.1 Å². The van der Waals surface area contributed by atoms with Gasteiger partial charge >= 0.3 is 0 Å². The number of amides is 1. The monoisotopic (exact) mass is 439 g/mol. The summed E-state index contributed by atoms with van der Waals surface area (Å²) in [4.78, 5) is 22.1. The van der Waals surface area contributed by atoms with Gasteiger partial charge in [0.15, 0.2) is 0 Å². The SMILES string of the molecule is COc1ccc(C)cc1NC(=O)CSc1ncnc2scc(-c3ccc(F)cc3)c12. The molecule has 0 fully saturated rings. The average Bonchev–Trinajstić information content (AvgIpc) is 3.18. The summed E-state index contributed by atoms with van der Waals surface area (Å²) in [5.41, 5.74) is 3.48. The molecule has 1 amide bonds. The Morgan fingerprint density at radius 1 is 1.20 bits per heavy atom. The maximum Gasteiger partial charge on any atom is 0.234 e. The molecule has 2 aromatic carbocycles. The Hall–Kier alpha value is -2.97. The van der Waals surface area contributed by atoms with Crippen molar-refractivity contribution in [3.05, 3.63) is 65.6 Å². The normalized spacial score (nSPS) is 10.9. The van der Waals surface area contributed by atoms with Gasteiger partial charge in [-0.25, -0.2) is 14.4 Å². The van der Waals surface area contributed by atoms with Crippen LogP contribution in [0.5, 0.6) is 5.75 Å². The van der Waals surface area contributed by atoms with Crippen LogP contribution in [0.2, 0.25) is 0 Å². The van der Waals surface area contributed by atoms with Crippen molar-refractivity contribution in [1.82, 2.24) is 9.97 Å². The van der Waals surface area contributed by atoms with Crippen LogP contribution < -0.4 is 10.1 Å². The molecule has 0 bridgehead atoms. The van der Waals surface area contributed by atoms with E-state index in [4.69, 9.17) is 4.74 Å². The summed E-state index contributed by atoms with van der Waals surface area (Å²) in [7, 11) is 1.57. The van der Waals surface area contributed by atoms with Gasteiger partial charge in [-0.15, -0.1) is 11.3 Å². The number of hydrogen-bond donors (Lipinski definition) is 1. The number of thiophene rings is 1. The van der Waals surface area contributed by atoms with E-state index in [-0.39, 0.29) is 17.5 Å². The molecule has 0 spiro atoms. The quantitative estimate of drug-likeness (QED) is 0.315. The number of aryl methyl sites for hydroxylation is 1. The summed E-state index contributed by atoms with van der Waals surface area (Å²) in [5, 5.41) is 6.47. The number of thioether (sulfide) groups is 1. The van der Waals surface area contributed by atoms with E-state index in [2.05, 4.69) is 15.3 Å². The molecular weight excluding hydrogens is 421 g/mol. The molecule has 0 aliphatic rings. The number of halogens is 1. The fraction of sp³-hybridized carbons (Fsp3) is 0.136. The molecule has 0 atom stereocenters. The van der Waals surface area contributed by atoms with Gasteiger partial charge in [0.25, 0.3) is 0 Å². The summed E-state index contributed by atoms with van der Waals surface area (Å²) >= 11 is 2.84. The van der Waals surface area contributed by atoms with Gasteiger partial charge in [-0.3, -0.25) is 4.79 Å². The number of carbonyl (C=O) groups excluding carboxylic acids is 1. The number of nitrogens with zero attached hydrogens (tertiary/aromatic N) is 2. The fourth-order valence-corrected chi connectivity index (χ4v) is 4.83. The maximum atomic E-state index is 13.3. The van der Waals surface area contributed by atoms with Gasteiger partial charge in [-0.2, -0.15) is 0 Å². The number of anilines is 1. The number of ether oxygens (including phenoxy) is 1. The largest absolute Gasteiger partial charge is 0.495 e. The number of hydrogen-bond acceptors (Lipinski definition) is 6. The second-order valence-corrected chi connectivity index (χ2v) is 8.38. The molecule has 152 valence electrons. The van der Waals surface area contributed by atoms with Crippen LogP contribution in [0.15, 0.2) is 59.2 Å². The highest BCUT2D eigenvalue weighted by atomic mass is 32.2. The van der Waals surface area contributed by atoms with Gasteiger partial charge in [-0.1, -0.05) is 30.0 Å². The van der Waals surface area contributed by atoms with E-state index in [9.17, 15) is 9.18 Å². The molecule has 0 saturated heterocycles. The van der Waals surface area contributed by atoms with Crippen LogP contribution in [0.25, 0.3) is 21.3 Å². The predicted molar refractivity (Wildman–Crippen MR) is 120 cm³/mol. The van der Waals surface area contributed by atoms with E-state index in [1.54, 1.807) is 19.2 Å². The summed E-state index contributed by atoms with van der Waals surface area (Å²) in [5.74, 6) is 0.350. The second-order valence-electron chi connectivity index (χ2n) is 6.56. The molecule has 2 aromatic heterocycles. The van der Waals surface area contributed by atoms with Crippen LogP contribution in [-0.4, -0.2) is 28.7 Å². The topological polar surface area (TPSA) is 64.1 Å². The minimum atomic E-state index is -0.285. The van der Waals surface area contributed by atoms with Gasteiger partial charge in [0.1, 0.15) is 27.8 Å². The van der Waals surface area contributed by atoms with Crippen LogP contribution in [0.3, 0.4) is 0 Å². The number of fused-ring (bicyclic) bond motifs is 1. The molecule has 8 heteroatoms. The third-order valence-corrected chi connectivity index (χ3v) is 6.34. The van der Waals surface area contributed by atoms with Gasteiger partial charge in [0, 0.05) is 10.9 Å². The van der Waals surface area contributed by atoms with Gasteiger partial charge in [-0.05, 0) is 42.3 Å². The van der Waals surface area contributed by atoms with E-state index >= 15 is 0 Å². The highest BCUT2D eigenvalue weighted by molar-refractivity contribution is 8.00. The van der Waals surface area contributed by atoms with Crippen LogP contribution in [-0.2, 0) is 4.79 Å². The molecule has 0 radical (unpaired) electrons. The first-order valence-electron chi connectivity index (χ1n) is 9.10. The molecule has 0 aliphatic heterocycles. The minimum Gasteiger partial charge on any atom is -0.495 e. The van der Waals surface area contributed by atoms with Crippen LogP contribution in [0, 0.1) is 12.7 Å². The van der Waals surface area contributed by atoms with Crippen molar-refractivity contribution in [3.8, 4) is 16.9 Å². The van der Waals surface area contributed by atoms with Gasteiger partial charge in [0.05, 0.1) is 23.9 Å². The number of rotatable bonds is 6. The maximum absolute atomic E-state index is 13.3. The summed E-state index contributed by atoms with van der Waals surface area (Å²) in [6.45, 7) is 1.95. The third-order valence-electron chi connectivity index (χ3n) is 4.46. The van der Waals surface area contributed by atoms with Crippen molar-refractivity contribution in [2.24, 2.45) is 0 Å². The number of benzene rings is 2. The molecule has 2 heterocycles. The Bertz CT molecular complexity index is 1210. The van der Waals surface area contributed by atoms with Crippen LogP contribution in [0.1, 0.15) is 5.56 Å². The lowest BCUT2D eigenvalue weighted by atomic mass is 10.1. The Kier molecular flexibility index (Phi) is 5.96. The molecule has 4 aromatic rings. The number of nitrogens with one attached hydrogen (secondary N) is 1. The van der Waals surface area contributed by atoms with Gasteiger partial charge in [0.2, 0.25) is 5.91 Å². The van der Waals surface area contributed by atoms with E-state index in [0.29, 0.717) is 16.5 Å². The number of carbonyl (C=O) groups is 1. The first kappa shape index (κ1) is 20.3. The zero-order valence-corrected chi connectivity index (χ0v) is 17.9. The van der Waals surface area contributed by atoms with Crippen LogP contribution in [0.4, 0.5) is 10.1 Å². The van der Waals surface area contributed by atoms with Crippen molar-refractivity contribution in [2.45, 2.75) is 11.9 Å². The van der Waals surface area contributed by atoms with Crippen molar-refractivity contribution >= 4 is 44.9 Å². The third kappa shape index (κ3) is 4.29. The molecule has 30 heavy (non-hydrogen) atoms.